The molecule has 3 aliphatic rings. The van der Waals surface area contributed by atoms with Crippen molar-refractivity contribution in [2.45, 2.75) is 62.7 Å². The summed E-state index contributed by atoms with van der Waals surface area (Å²) in [6.45, 7) is 2.00. The number of carbonyl (C=O) groups is 1. The lowest BCUT2D eigenvalue weighted by Gasteiger charge is -2.47. The molecule has 0 bridgehead atoms. The minimum Gasteiger partial charge on any atom is -0.391 e. The molecule has 1 spiro atoms. The molecule has 25 heavy (non-hydrogen) atoms. The topological polar surface area (TPSA) is 61.8 Å². The third-order valence-corrected chi connectivity index (χ3v) is 5.92. The largest absolute Gasteiger partial charge is 0.391 e. The Bertz CT molecular complexity index is 629. The second kappa shape index (κ2) is 6.96. The van der Waals surface area contributed by atoms with Crippen molar-refractivity contribution in [2.75, 3.05) is 25.0 Å². The molecule has 1 aromatic rings. The van der Waals surface area contributed by atoms with Crippen molar-refractivity contribution in [1.29, 1.82) is 0 Å². The van der Waals surface area contributed by atoms with Crippen LogP contribution < -0.4 is 5.32 Å². The number of piperidine rings is 1. The number of rotatable bonds is 3. The number of anilines is 1. The van der Waals surface area contributed by atoms with Gasteiger partial charge in [0.15, 0.2) is 0 Å². The van der Waals surface area contributed by atoms with E-state index in [1.165, 1.54) is 19.3 Å². The van der Waals surface area contributed by atoms with Crippen LogP contribution in [0.25, 0.3) is 0 Å². The summed E-state index contributed by atoms with van der Waals surface area (Å²) in [4.78, 5) is 14.5. The summed E-state index contributed by atoms with van der Waals surface area (Å²) < 4.78 is 6.00. The number of carbonyl (C=O) groups excluding carboxylic acids is 1. The average molecular weight is 344 g/mol. The number of ether oxygens (including phenoxy) is 1. The molecule has 0 unspecified atom stereocenters. The van der Waals surface area contributed by atoms with Gasteiger partial charge in [-0.2, -0.15) is 0 Å². The van der Waals surface area contributed by atoms with Crippen LogP contribution in [-0.2, 0) is 4.74 Å². The van der Waals surface area contributed by atoms with E-state index < -0.39 is 0 Å². The molecule has 5 nitrogen and oxygen atoms in total. The molecule has 0 aromatic heterocycles. The first kappa shape index (κ1) is 16.9. The highest BCUT2D eigenvalue weighted by Gasteiger charge is 2.42. The minimum atomic E-state index is -0.389. The molecule has 3 fully saturated rings. The fourth-order valence-corrected chi connectivity index (χ4v) is 4.37. The molecular formula is C20H28N2O3. The predicted octanol–water partition coefficient (Wildman–Crippen LogP) is 2.80. The summed E-state index contributed by atoms with van der Waals surface area (Å²) in [6, 6.07) is 8.20. The minimum absolute atomic E-state index is 0.0184. The van der Waals surface area contributed by atoms with Crippen LogP contribution in [0.2, 0.25) is 0 Å². The molecule has 2 heterocycles. The molecule has 5 heteroatoms. The number of β-amino-alcohol motifs (C(OH)–C–C–N with tert-alkyl or cyclic N) is 1. The number of aliphatic hydroxyl groups is 1. The first-order chi connectivity index (χ1) is 12.1. The lowest BCUT2D eigenvalue weighted by Crippen LogP contribution is -2.49. The normalized spacial score (nSPS) is 28.4. The smallest absolute Gasteiger partial charge is 0.254 e. The van der Waals surface area contributed by atoms with Crippen molar-refractivity contribution in [2.24, 2.45) is 0 Å². The second-order valence-electron chi connectivity index (χ2n) is 7.85. The number of nitrogens with zero attached hydrogens (tertiary/aromatic N) is 1. The number of nitrogens with one attached hydrogen (secondary N) is 1. The second-order valence-corrected chi connectivity index (χ2v) is 7.85. The molecule has 2 atom stereocenters. The van der Waals surface area contributed by atoms with Crippen LogP contribution in [0.4, 0.5) is 5.69 Å². The van der Waals surface area contributed by atoms with Gasteiger partial charge in [-0.15, -0.1) is 0 Å². The van der Waals surface area contributed by atoms with Crippen LogP contribution in [0.15, 0.2) is 24.3 Å². The molecule has 1 saturated carbocycles. The van der Waals surface area contributed by atoms with Crippen molar-refractivity contribution in [1.82, 2.24) is 4.90 Å². The highest BCUT2D eigenvalue weighted by molar-refractivity contribution is 5.95. The summed E-state index contributed by atoms with van der Waals surface area (Å²) in [6.07, 6.45) is 6.98. The Labute approximate surface area is 149 Å². The summed E-state index contributed by atoms with van der Waals surface area (Å²) >= 11 is 0. The van der Waals surface area contributed by atoms with Crippen molar-refractivity contribution in [3.63, 3.8) is 0 Å². The number of hydrogen-bond acceptors (Lipinski definition) is 4. The van der Waals surface area contributed by atoms with E-state index in [9.17, 15) is 9.90 Å². The predicted molar refractivity (Wildman–Crippen MR) is 96.8 cm³/mol. The van der Waals surface area contributed by atoms with Crippen LogP contribution in [-0.4, -0.2) is 53.4 Å². The van der Waals surface area contributed by atoms with E-state index >= 15 is 0 Å². The van der Waals surface area contributed by atoms with Gasteiger partial charge < -0.3 is 20.1 Å². The highest BCUT2D eigenvalue weighted by Crippen LogP contribution is 2.42. The number of aliphatic hydroxyl groups excluding tert-OH is 1. The van der Waals surface area contributed by atoms with E-state index in [0.29, 0.717) is 18.2 Å². The highest BCUT2D eigenvalue weighted by atomic mass is 16.5. The summed E-state index contributed by atoms with van der Waals surface area (Å²) in [7, 11) is 0. The number of hydrogen-bond donors (Lipinski definition) is 2. The number of amides is 1. The van der Waals surface area contributed by atoms with E-state index in [0.717, 1.165) is 44.5 Å². The maximum absolute atomic E-state index is 12.7. The van der Waals surface area contributed by atoms with Crippen molar-refractivity contribution in [3.8, 4) is 0 Å². The quantitative estimate of drug-likeness (QED) is 0.885. The molecular weight excluding hydrogens is 316 g/mol. The van der Waals surface area contributed by atoms with Crippen molar-refractivity contribution >= 4 is 11.6 Å². The summed E-state index contributed by atoms with van der Waals surface area (Å²) in [5, 5.41) is 13.4. The van der Waals surface area contributed by atoms with Gasteiger partial charge in [-0.25, -0.2) is 0 Å². The maximum Gasteiger partial charge on any atom is 0.254 e. The zero-order valence-electron chi connectivity index (χ0n) is 14.7. The molecule has 2 aliphatic heterocycles. The number of likely N-dealkylation sites (tertiary alicyclic amines) is 1. The lowest BCUT2D eigenvalue weighted by molar-refractivity contribution is -0.130. The van der Waals surface area contributed by atoms with Gasteiger partial charge in [0.25, 0.3) is 5.91 Å². The van der Waals surface area contributed by atoms with Crippen LogP contribution in [0.1, 0.15) is 55.3 Å². The molecule has 2 N–H and O–H groups in total. The Balaban J connectivity index is 1.41. The Kier molecular flexibility index (Phi) is 4.69. The monoisotopic (exact) mass is 344 g/mol. The standard InChI is InChI=1S/C20H28N2O3/c23-18-6-2-10-22(14-18)19(24)15-4-1-5-16(12-15)21-17-7-11-25-20(13-17)8-3-9-20/h1,4-5,12,17-18,21,23H,2-3,6-11,13-14H2/t17-,18-/m0/s1. The molecule has 0 radical (unpaired) electrons. The van der Waals surface area contributed by atoms with E-state index in [4.69, 9.17) is 4.74 Å². The molecule has 4 rings (SSSR count). The first-order valence-corrected chi connectivity index (χ1v) is 9.61. The third-order valence-electron chi connectivity index (χ3n) is 5.92. The van der Waals surface area contributed by atoms with Crippen LogP contribution in [0.5, 0.6) is 0 Å². The lowest BCUT2D eigenvalue weighted by atomic mass is 9.74. The molecule has 136 valence electrons. The zero-order valence-corrected chi connectivity index (χ0v) is 14.7. The Morgan fingerprint density at radius 3 is 2.92 bits per heavy atom. The third kappa shape index (κ3) is 3.67. The molecule has 1 aromatic carbocycles. The van der Waals surface area contributed by atoms with Gasteiger partial charge in [0.05, 0.1) is 11.7 Å². The summed E-state index contributed by atoms with van der Waals surface area (Å²) in [5.74, 6) is 0.0184. The van der Waals surface area contributed by atoms with Gasteiger partial charge in [0.2, 0.25) is 0 Å². The molecule has 2 saturated heterocycles. The SMILES string of the molecule is O=C(c1cccc(N[C@H]2CCOC3(CCC3)C2)c1)N1CCC[C@H](O)C1. The summed E-state index contributed by atoms with van der Waals surface area (Å²) in [5.41, 5.74) is 1.82. The van der Waals surface area contributed by atoms with Gasteiger partial charge in [-0.3, -0.25) is 4.79 Å². The Morgan fingerprint density at radius 1 is 1.28 bits per heavy atom. The van der Waals surface area contributed by atoms with E-state index in [2.05, 4.69) is 5.32 Å². The molecule has 1 amide bonds. The van der Waals surface area contributed by atoms with Gasteiger partial charge >= 0.3 is 0 Å². The fourth-order valence-electron chi connectivity index (χ4n) is 4.37. The van der Waals surface area contributed by atoms with Gasteiger partial charge in [-0.05, 0) is 63.1 Å². The molecule has 1 aliphatic carbocycles. The van der Waals surface area contributed by atoms with Crippen molar-refractivity contribution in [3.05, 3.63) is 29.8 Å². The fraction of sp³-hybridized carbons (Fsp3) is 0.650. The van der Waals surface area contributed by atoms with Crippen LogP contribution in [0.3, 0.4) is 0 Å². The Morgan fingerprint density at radius 2 is 2.16 bits per heavy atom. The maximum atomic E-state index is 12.7. The van der Waals surface area contributed by atoms with Crippen LogP contribution in [0, 0.1) is 0 Å². The van der Waals surface area contributed by atoms with E-state index in [1.54, 1.807) is 4.90 Å². The van der Waals surface area contributed by atoms with Gasteiger partial charge in [-0.1, -0.05) is 6.07 Å². The average Bonchev–Trinajstić information content (AvgIpc) is 2.60. The zero-order chi connectivity index (χ0) is 17.3. The number of benzene rings is 1. The van der Waals surface area contributed by atoms with Gasteiger partial charge in [0, 0.05) is 37.0 Å². The van der Waals surface area contributed by atoms with Crippen LogP contribution >= 0.6 is 0 Å². The first-order valence-electron chi connectivity index (χ1n) is 9.61. The Hall–Kier alpha value is -1.59. The van der Waals surface area contributed by atoms with Gasteiger partial charge in [0.1, 0.15) is 0 Å². The van der Waals surface area contributed by atoms with E-state index in [-0.39, 0.29) is 17.6 Å². The van der Waals surface area contributed by atoms with Crippen molar-refractivity contribution < 1.29 is 14.6 Å². The van der Waals surface area contributed by atoms with E-state index in [1.807, 2.05) is 24.3 Å².